The Balaban J connectivity index is 1.46. The van der Waals surface area contributed by atoms with Crippen LogP contribution in [0.3, 0.4) is 0 Å². The fourth-order valence-corrected chi connectivity index (χ4v) is 4.27. The van der Waals surface area contributed by atoms with Crippen molar-refractivity contribution < 1.29 is 22.0 Å². The molecule has 0 unspecified atom stereocenters. The standard InChI is InChI=1S/C23H19F2N5O3S/c1-2-30-14-26-28-22(30)16-4-3-5-18(12-16)27-23(31)15-6-8-17(9-7-15)29-34(32,33)19-10-11-20(24)21(25)13-19/h3-14,29H,2H2,1H3,(H,27,31). The van der Waals surface area contributed by atoms with Gasteiger partial charge in [0.2, 0.25) is 0 Å². The normalized spacial score (nSPS) is 11.3. The molecule has 2 N–H and O–H groups in total. The molecule has 34 heavy (non-hydrogen) atoms. The molecule has 4 rings (SSSR count). The van der Waals surface area contributed by atoms with Crippen molar-refractivity contribution in [3.8, 4) is 11.4 Å². The maximum atomic E-state index is 13.4. The molecule has 0 aliphatic rings. The number of hydrogen-bond donors (Lipinski definition) is 2. The Hall–Kier alpha value is -4.12. The molecular weight excluding hydrogens is 464 g/mol. The first-order valence-corrected chi connectivity index (χ1v) is 11.6. The molecular formula is C23H19F2N5O3S. The molecule has 0 bridgehead atoms. The van der Waals surface area contributed by atoms with Gasteiger partial charge in [0.15, 0.2) is 17.5 Å². The molecule has 0 radical (unpaired) electrons. The zero-order chi connectivity index (χ0) is 24.3. The van der Waals surface area contributed by atoms with Gasteiger partial charge in [-0.1, -0.05) is 12.1 Å². The van der Waals surface area contributed by atoms with Crippen LogP contribution in [0.1, 0.15) is 17.3 Å². The molecule has 0 aliphatic carbocycles. The van der Waals surface area contributed by atoms with Gasteiger partial charge < -0.3 is 9.88 Å². The molecule has 1 heterocycles. The van der Waals surface area contributed by atoms with Crippen molar-refractivity contribution in [2.75, 3.05) is 10.0 Å². The van der Waals surface area contributed by atoms with Gasteiger partial charge in [-0.3, -0.25) is 9.52 Å². The van der Waals surface area contributed by atoms with E-state index >= 15 is 0 Å². The van der Waals surface area contributed by atoms with Gasteiger partial charge in [0.1, 0.15) is 6.33 Å². The van der Waals surface area contributed by atoms with Gasteiger partial charge >= 0.3 is 0 Å². The molecule has 0 fully saturated rings. The first-order chi connectivity index (χ1) is 16.3. The van der Waals surface area contributed by atoms with Crippen LogP contribution in [0, 0.1) is 11.6 Å². The van der Waals surface area contributed by atoms with E-state index in [2.05, 4.69) is 20.2 Å². The minimum atomic E-state index is -4.14. The van der Waals surface area contributed by atoms with E-state index in [0.717, 1.165) is 17.7 Å². The second-order valence-corrected chi connectivity index (χ2v) is 8.92. The van der Waals surface area contributed by atoms with Gasteiger partial charge in [0.05, 0.1) is 4.90 Å². The molecule has 0 aliphatic heterocycles. The minimum absolute atomic E-state index is 0.155. The monoisotopic (exact) mass is 483 g/mol. The zero-order valence-electron chi connectivity index (χ0n) is 17.9. The molecule has 174 valence electrons. The third kappa shape index (κ3) is 4.94. The topological polar surface area (TPSA) is 106 Å². The number of nitrogens with one attached hydrogen (secondary N) is 2. The number of nitrogens with zero attached hydrogens (tertiary/aromatic N) is 3. The number of aromatic nitrogens is 3. The zero-order valence-corrected chi connectivity index (χ0v) is 18.7. The summed E-state index contributed by atoms with van der Waals surface area (Å²) in [4.78, 5) is 12.2. The van der Waals surface area contributed by atoms with Gasteiger partial charge in [-0.25, -0.2) is 17.2 Å². The molecule has 0 saturated carbocycles. The summed E-state index contributed by atoms with van der Waals surface area (Å²) in [6.45, 7) is 2.67. The average molecular weight is 484 g/mol. The van der Waals surface area contributed by atoms with Crippen molar-refractivity contribution in [1.29, 1.82) is 0 Å². The van der Waals surface area contributed by atoms with Crippen LogP contribution in [0.2, 0.25) is 0 Å². The highest BCUT2D eigenvalue weighted by Crippen LogP contribution is 2.22. The number of carbonyl (C=O) groups is 1. The lowest BCUT2D eigenvalue weighted by atomic mass is 10.1. The third-order valence-electron chi connectivity index (χ3n) is 4.94. The summed E-state index contributed by atoms with van der Waals surface area (Å²) in [7, 11) is -4.14. The van der Waals surface area contributed by atoms with Gasteiger partial charge in [-0.2, -0.15) is 0 Å². The summed E-state index contributed by atoms with van der Waals surface area (Å²) < 4.78 is 55.4. The first-order valence-electron chi connectivity index (χ1n) is 10.1. The molecule has 0 saturated heterocycles. The number of carbonyl (C=O) groups excluding carboxylic acids is 1. The number of amides is 1. The average Bonchev–Trinajstić information content (AvgIpc) is 3.30. The molecule has 11 heteroatoms. The summed E-state index contributed by atoms with van der Waals surface area (Å²) in [5.41, 5.74) is 1.79. The largest absolute Gasteiger partial charge is 0.322 e. The smallest absolute Gasteiger partial charge is 0.261 e. The fraction of sp³-hybridized carbons (Fsp3) is 0.0870. The lowest BCUT2D eigenvalue weighted by Gasteiger charge is -2.10. The van der Waals surface area contributed by atoms with E-state index in [1.165, 1.54) is 24.3 Å². The number of rotatable bonds is 7. The quantitative estimate of drug-likeness (QED) is 0.408. The lowest BCUT2D eigenvalue weighted by Crippen LogP contribution is -2.14. The molecule has 3 aromatic carbocycles. The minimum Gasteiger partial charge on any atom is -0.322 e. The number of aryl methyl sites for hydroxylation is 1. The van der Waals surface area contributed by atoms with Gasteiger partial charge in [0, 0.05) is 29.0 Å². The summed E-state index contributed by atoms with van der Waals surface area (Å²) in [5, 5.41) is 10.8. The highest BCUT2D eigenvalue weighted by molar-refractivity contribution is 7.92. The number of benzene rings is 3. The van der Waals surface area contributed by atoms with E-state index in [1.54, 1.807) is 24.5 Å². The maximum absolute atomic E-state index is 13.4. The Labute approximate surface area is 194 Å². The lowest BCUT2D eigenvalue weighted by molar-refractivity contribution is 0.102. The fourth-order valence-electron chi connectivity index (χ4n) is 3.20. The molecule has 0 spiro atoms. The van der Waals surface area contributed by atoms with Gasteiger partial charge in [-0.15, -0.1) is 10.2 Å². The van der Waals surface area contributed by atoms with Gasteiger partial charge in [-0.05, 0) is 61.5 Å². The maximum Gasteiger partial charge on any atom is 0.261 e. The van der Waals surface area contributed by atoms with Crippen LogP contribution in [0.25, 0.3) is 11.4 Å². The predicted molar refractivity (Wildman–Crippen MR) is 123 cm³/mol. The number of halogens is 2. The second kappa shape index (κ2) is 9.40. The Morgan fingerprint density at radius 1 is 0.971 bits per heavy atom. The Morgan fingerprint density at radius 3 is 2.44 bits per heavy atom. The first kappa shape index (κ1) is 23.1. The van der Waals surface area contributed by atoms with E-state index in [0.29, 0.717) is 24.1 Å². The third-order valence-corrected chi connectivity index (χ3v) is 6.31. The second-order valence-electron chi connectivity index (χ2n) is 7.23. The van der Waals surface area contributed by atoms with Gasteiger partial charge in [0.25, 0.3) is 15.9 Å². The number of sulfonamides is 1. The summed E-state index contributed by atoms with van der Waals surface area (Å²) >= 11 is 0. The molecule has 1 aromatic heterocycles. The highest BCUT2D eigenvalue weighted by atomic mass is 32.2. The van der Waals surface area contributed by atoms with E-state index < -0.39 is 32.5 Å². The summed E-state index contributed by atoms with van der Waals surface area (Å²) in [5.74, 6) is -2.14. The van der Waals surface area contributed by atoms with Crippen molar-refractivity contribution in [3.05, 3.63) is 90.3 Å². The highest BCUT2D eigenvalue weighted by Gasteiger charge is 2.17. The van der Waals surface area contributed by atoms with Crippen molar-refractivity contribution in [3.63, 3.8) is 0 Å². The summed E-state index contributed by atoms with van der Waals surface area (Å²) in [6, 6.07) is 15.1. The summed E-state index contributed by atoms with van der Waals surface area (Å²) in [6.07, 6.45) is 1.63. The molecule has 4 aromatic rings. The van der Waals surface area contributed by atoms with Crippen LogP contribution >= 0.6 is 0 Å². The van der Waals surface area contributed by atoms with Crippen LogP contribution in [-0.4, -0.2) is 29.1 Å². The van der Waals surface area contributed by atoms with E-state index in [1.807, 2.05) is 17.6 Å². The Bertz CT molecular complexity index is 1450. The van der Waals surface area contributed by atoms with Crippen molar-refractivity contribution >= 4 is 27.3 Å². The Kier molecular flexibility index (Phi) is 6.37. The van der Waals surface area contributed by atoms with Crippen LogP contribution in [0.5, 0.6) is 0 Å². The van der Waals surface area contributed by atoms with Crippen LogP contribution in [0.4, 0.5) is 20.2 Å². The van der Waals surface area contributed by atoms with Crippen LogP contribution in [-0.2, 0) is 16.6 Å². The molecule has 0 atom stereocenters. The Morgan fingerprint density at radius 2 is 1.74 bits per heavy atom. The van der Waals surface area contributed by atoms with Crippen LogP contribution < -0.4 is 10.0 Å². The molecule has 8 nitrogen and oxygen atoms in total. The number of hydrogen-bond acceptors (Lipinski definition) is 5. The van der Waals surface area contributed by atoms with Crippen LogP contribution in [0.15, 0.2) is 78.0 Å². The molecule has 1 amide bonds. The SMILES string of the molecule is CCn1cnnc1-c1cccc(NC(=O)c2ccc(NS(=O)(=O)c3ccc(F)c(F)c3)cc2)c1. The van der Waals surface area contributed by atoms with E-state index in [-0.39, 0.29) is 11.3 Å². The van der Waals surface area contributed by atoms with Crippen molar-refractivity contribution in [2.45, 2.75) is 18.4 Å². The predicted octanol–water partition coefficient (Wildman–Crippen LogP) is 4.30. The van der Waals surface area contributed by atoms with Crippen molar-refractivity contribution in [2.24, 2.45) is 0 Å². The van der Waals surface area contributed by atoms with E-state index in [9.17, 15) is 22.0 Å². The van der Waals surface area contributed by atoms with E-state index in [4.69, 9.17) is 0 Å². The number of anilines is 2. The van der Waals surface area contributed by atoms with Crippen molar-refractivity contribution in [1.82, 2.24) is 14.8 Å².